The maximum atomic E-state index is 11.1. The highest BCUT2D eigenvalue weighted by Gasteiger charge is 2.01. The van der Waals surface area contributed by atoms with Gasteiger partial charge in [0.25, 0.3) is 0 Å². The Morgan fingerprint density at radius 1 is 1.20 bits per heavy atom. The molecule has 0 bridgehead atoms. The van der Waals surface area contributed by atoms with E-state index >= 15 is 0 Å². The first-order chi connectivity index (χ1) is 7.25. The third-order valence-corrected chi connectivity index (χ3v) is 2.36. The van der Waals surface area contributed by atoms with Crippen LogP contribution in [0.2, 0.25) is 0 Å². The summed E-state index contributed by atoms with van der Waals surface area (Å²) in [5.74, 6) is 0.113. The molecule has 0 fully saturated rings. The summed E-state index contributed by atoms with van der Waals surface area (Å²) >= 11 is 0. The molecule has 0 atom stereocenters. The van der Waals surface area contributed by atoms with Crippen LogP contribution in [-0.4, -0.2) is 10.4 Å². The number of nitrogens with zero attached hydrogens (tertiary/aromatic N) is 1. The zero-order valence-electron chi connectivity index (χ0n) is 8.68. The van der Waals surface area contributed by atoms with Gasteiger partial charge in [0.05, 0.1) is 0 Å². The molecule has 0 amide bonds. The van der Waals surface area contributed by atoms with Crippen molar-refractivity contribution >= 4 is 5.78 Å². The van der Waals surface area contributed by atoms with Gasteiger partial charge in [-0.2, -0.15) is 0 Å². The van der Waals surface area contributed by atoms with Crippen LogP contribution in [-0.2, 0) is 6.54 Å². The van der Waals surface area contributed by atoms with Gasteiger partial charge in [-0.25, -0.2) is 0 Å². The number of carbonyl (C=O) groups excluding carboxylic acids is 1. The number of Topliss-reactive ketones (excluding diaryl/α,β-unsaturated/α-hetero) is 1. The molecule has 15 heavy (non-hydrogen) atoms. The molecule has 0 aliphatic rings. The van der Waals surface area contributed by atoms with Crippen molar-refractivity contribution in [2.45, 2.75) is 13.5 Å². The molecule has 2 rings (SSSR count). The average Bonchev–Trinajstić information content (AvgIpc) is 2.68. The van der Waals surface area contributed by atoms with Crippen molar-refractivity contribution in [2.75, 3.05) is 0 Å². The molecule has 1 aromatic heterocycles. The van der Waals surface area contributed by atoms with Crippen molar-refractivity contribution in [1.82, 2.24) is 4.57 Å². The van der Waals surface area contributed by atoms with Gasteiger partial charge >= 0.3 is 0 Å². The van der Waals surface area contributed by atoms with Crippen molar-refractivity contribution in [3.05, 3.63) is 59.9 Å². The van der Waals surface area contributed by atoms with Crippen LogP contribution in [0.1, 0.15) is 22.8 Å². The van der Waals surface area contributed by atoms with E-state index < -0.39 is 0 Å². The molecule has 0 unspecified atom stereocenters. The Morgan fingerprint density at radius 2 is 1.93 bits per heavy atom. The molecule has 0 spiro atoms. The van der Waals surface area contributed by atoms with Crippen molar-refractivity contribution in [3.63, 3.8) is 0 Å². The Kier molecular flexibility index (Phi) is 2.68. The summed E-state index contributed by atoms with van der Waals surface area (Å²) in [6, 6.07) is 12.0. The standard InChI is InChI=1S/C13H13NO/c1-11(15)13-7-8-14(10-13)9-12-5-3-2-4-6-12/h2-8,10H,9H2,1H3. The number of benzene rings is 1. The predicted molar refractivity (Wildman–Crippen MR) is 60.0 cm³/mol. The molecule has 1 heterocycles. The van der Waals surface area contributed by atoms with Crippen LogP contribution in [0.25, 0.3) is 0 Å². The van der Waals surface area contributed by atoms with Gasteiger partial charge in [-0.15, -0.1) is 0 Å². The molecular weight excluding hydrogens is 186 g/mol. The quantitative estimate of drug-likeness (QED) is 0.697. The minimum atomic E-state index is 0.113. The highest BCUT2D eigenvalue weighted by Crippen LogP contribution is 2.06. The molecule has 0 N–H and O–H groups in total. The predicted octanol–water partition coefficient (Wildman–Crippen LogP) is 2.74. The number of hydrogen-bond acceptors (Lipinski definition) is 1. The van der Waals surface area contributed by atoms with E-state index in [9.17, 15) is 4.79 Å². The number of aromatic nitrogens is 1. The Morgan fingerprint density at radius 3 is 2.53 bits per heavy atom. The van der Waals surface area contributed by atoms with Crippen LogP contribution < -0.4 is 0 Å². The summed E-state index contributed by atoms with van der Waals surface area (Å²) in [5, 5.41) is 0. The van der Waals surface area contributed by atoms with E-state index in [-0.39, 0.29) is 5.78 Å². The molecule has 0 saturated carbocycles. The Balaban J connectivity index is 2.15. The fourth-order valence-electron chi connectivity index (χ4n) is 1.54. The van der Waals surface area contributed by atoms with Gasteiger partial charge in [0.2, 0.25) is 0 Å². The molecule has 0 radical (unpaired) electrons. The Hall–Kier alpha value is -1.83. The monoisotopic (exact) mass is 199 g/mol. The van der Waals surface area contributed by atoms with Gasteiger partial charge in [0.1, 0.15) is 0 Å². The maximum Gasteiger partial charge on any atom is 0.161 e. The van der Waals surface area contributed by atoms with E-state index in [1.54, 1.807) is 6.92 Å². The van der Waals surface area contributed by atoms with E-state index in [1.807, 2.05) is 41.2 Å². The van der Waals surface area contributed by atoms with Crippen molar-refractivity contribution < 1.29 is 4.79 Å². The van der Waals surface area contributed by atoms with Gasteiger partial charge in [-0.3, -0.25) is 4.79 Å². The highest BCUT2D eigenvalue weighted by atomic mass is 16.1. The summed E-state index contributed by atoms with van der Waals surface area (Å²) in [7, 11) is 0. The van der Waals surface area contributed by atoms with Gasteiger partial charge in [-0.05, 0) is 18.6 Å². The van der Waals surface area contributed by atoms with E-state index in [2.05, 4.69) is 12.1 Å². The first kappa shape index (κ1) is 9.71. The van der Waals surface area contributed by atoms with Gasteiger partial charge in [-0.1, -0.05) is 30.3 Å². The van der Waals surface area contributed by atoms with Crippen LogP contribution in [0.4, 0.5) is 0 Å². The summed E-state index contributed by atoms with van der Waals surface area (Å²) in [6.45, 7) is 2.40. The molecular formula is C13H13NO. The van der Waals surface area contributed by atoms with E-state index in [1.165, 1.54) is 5.56 Å². The lowest BCUT2D eigenvalue weighted by atomic mass is 10.2. The third kappa shape index (κ3) is 2.34. The molecule has 0 aliphatic carbocycles. The summed E-state index contributed by atoms with van der Waals surface area (Å²) in [4.78, 5) is 11.1. The number of ketones is 1. The Labute approximate surface area is 89.2 Å². The SMILES string of the molecule is CC(=O)c1ccn(Cc2ccccc2)c1. The van der Waals surface area contributed by atoms with Crippen LogP contribution >= 0.6 is 0 Å². The lowest BCUT2D eigenvalue weighted by Crippen LogP contribution is -1.96. The van der Waals surface area contributed by atoms with Crippen molar-refractivity contribution in [2.24, 2.45) is 0 Å². The molecule has 2 heteroatoms. The summed E-state index contributed by atoms with van der Waals surface area (Å²) < 4.78 is 2.02. The second-order valence-electron chi connectivity index (χ2n) is 3.61. The maximum absolute atomic E-state index is 11.1. The first-order valence-corrected chi connectivity index (χ1v) is 4.96. The van der Waals surface area contributed by atoms with Crippen LogP contribution in [0.5, 0.6) is 0 Å². The van der Waals surface area contributed by atoms with Gasteiger partial charge in [0, 0.05) is 24.5 Å². The minimum absolute atomic E-state index is 0.113. The molecule has 0 saturated heterocycles. The van der Waals surface area contributed by atoms with E-state index in [0.29, 0.717) is 0 Å². The molecule has 2 nitrogen and oxygen atoms in total. The van der Waals surface area contributed by atoms with E-state index in [4.69, 9.17) is 0 Å². The second-order valence-corrected chi connectivity index (χ2v) is 3.61. The first-order valence-electron chi connectivity index (χ1n) is 4.96. The molecule has 2 aromatic rings. The van der Waals surface area contributed by atoms with E-state index in [0.717, 1.165) is 12.1 Å². The largest absolute Gasteiger partial charge is 0.349 e. The summed E-state index contributed by atoms with van der Waals surface area (Å²) in [6.07, 6.45) is 3.82. The zero-order chi connectivity index (χ0) is 10.7. The van der Waals surface area contributed by atoms with Crippen LogP contribution in [0.15, 0.2) is 48.8 Å². The minimum Gasteiger partial charge on any atom is -0.349 e. The molecule has 0 aliphatic heterocycles. The lowest BCUT2D eigenvalue weighted by molar-refractivity contribution is 0.101. The lowest BCUT2D eigenvalue weighted by Gasteiger charge is -2.01. The number of carbonyl (C=O) groups is 1. The smallest absolute Gasteiger partial charge is 0.161 e. The fourth-order valence-corrected chi connectivity index (χ4v) is 1.54. The second kappa shape index (κ2) is 4.13. The number of rotatable bonds is 3. The topological polar surface area (TPSA) is 22.0 Å². The zero-order valence-corrected chi connectivity index (χ0v) is 8.68. The van der Waals surface area contributed by atoms with Crippen molar-refractivity contribution in [3.8, 4) is 0 Å². The fraction of sp³-hybridized carbons (Fsp3) is 0.154. The van der Waals surface area contributed by atoms with Crippen LogP contribution in [0, 0.1) is 0 Å². The Bertz CT molecular complexity index is 456. The summed E-state index contributed by atoms with van der Waals surface area (Å²) in [5.41, 5.74) is 2.01. The van der Waals surface area contributed by atoms with Gasteiger partial charge < -0.3 is 4.57 Å². The normalized spacial score (nSPS) is 10.2. The highest BCUT2D eigenvalue weighted by molar-refractivity contribution is 5.93. The average molecular weight is 199 g/mol. The molecule has 76 valence electrons. The van der Waals surface area contributed by atoms with Gasteiger partial charge in [0.15, 0.2) is 5.78 Å². The van der Waals surface area contributed by atoms with Crippen LogP contribution in [0.3, 0.4) is 0 Å². The number of hydrogen-bond donors (Lipinski definition) is 0. The molecule has 1 aromatic carbocycles. The van der Waals surface area contributed by atoms with Crippen molar-refractivity contribution in [1.29, 1.82) is 0 Å². The third-order valence-electron chi connectivity index (χ3n) is 2.36.